The third-order valence-corrected chi connectivity index (χ3v) is 2.86. The second-order valence-electron chi connectivity index (χ2n) is 4.28. The van der Waals surface area contributed by atoms with Gasteiger partial charge >= 0.3 is 0 Å². The molecule has 0 aliphatic heterocycles. The summed E-state index contributed by atoms with van der Waals surface area (Å²) >= 11 is 0. The Bertz CT molecular complexity index is 649. The number of carbonyl (C=O) groups excluding carboxylic acids is 1. The monoisotopic (exact) mass is 257 g/mol. The minimum Gasteiger partial charge on any atom is -0.398 e. The van der Waals surface area contributed by atoms with Crippen LogP contribution in [0, 0.1) is 0 Å². The number of amides is 1. The average Bonchev–Trinajstić information content (AvgIpc) is 2.41. The first kappa shape index (κ1) is 12.9. The van der Waals surface area contributed by atoms with Crippen LogP contribution < -0.4 is 11.2 Å². The maximum absolute atomic E-state index is 12.1. The van der Waals surface area contributed by atoms with Gasteiger partial charge in [-0.3, -0.25) is 9.59 Å². The number of nitrogens with zero attached hydrogens (tertiary/aromatic N) is 1. The number of rotatable bonds is 3. The van der Waals surface area contributed by atoms with Gasteiger partial charge in [0.2, 0.25) is 0 Å². The second-order valence-corrected chi connectivity index (χ2v) is 4.28. The van der Waals surface area contributed by atoms with E-state index in [4.69, 9.17) is 5.73 Å². The van der Waals surface area contributed by atoms with Gasteiger partial charge in [0.1, 0.15) is 5.56 Å². The Morgan fingerprint density at radius 2 is 2.05 bits per heavy atom. The molecular formula is C14H15N3O2. The van der Waals surface area contributed by atoms with Crippen LogP contribution in [0.1, 0.15) is 15.9 Å². The molecule has 0 aliphatic carbocycles. The molecule has 1 aromatic carbocycles. The van der Waals surface area contributed by atoms with Crippen LogP contribution in [0.15, 0.2) is 47.5 Å². The van der Waals surface area contributed by atoms with Crippen molar-refractivity contribution in [1.82, 2.24) is 9.88 Å². The SMILES string of the molecule is CN(Cc1ccccc1N)C(=O)c1c[nH]ccc1=O. The predicted molar refractivity (Wildman–Crippen MR) is 73.7 cm³/mol. The molecule has 0 aliphatic rings. The fourth-order valence-corrected chi connectivity index (χ4v) is 1.79. The zero-order valence-electron chi connectivity index (χ0n) is 10.6. The predicted octanol–water partition coefficient (Wildman–Crippen LogP) is 1.23. The molecule has 0 saturated heterocycles. The van der Waals surface area contributed by atoms with Gasteiger partial charge in [-0.2, -0.15) is 0 Å². The van der Waals surface area contributed by atoms with E-state index in [1.54, 1.807) is 13.1 Å². The Hall–Kier alpha value is -2.56. The summed E-state index contributed by atoms with van der Waals surface area (Å²) in [5.41, 5.74) is 7.14. The van der Waals surface area contributed by atoms with Crippen molar-refractivity contribution in [3.8, 4) is 0 Å². The number of benzene rings is 1. The molecule has 3 N–H and O–H groups in total. The molecule has 2 aromatic rings. The number of aromatic nitrogens is 1. The lowest BCUT2D eigenvalue weighted by molar-refractivity contribution is 0.0784. The Kier molecular flexibility index (Phi) is 3.66. The lowest BCUT2D eigenvalue weighted by Gasteiger charge is -2.17. The van der Waals surface area contributed by atoms with Gasteiger partial charge in [0, 0.05) is 37.7 Å². The van der Waals surface area contributed by atoms with Crippen molar-refractivity contribution < 1.29 is 4.79 Å². The van der Waals surface area contributed by atoms with Gasteiger partial charge < -0.3 is 15.6 Å². The highest BCUT2D eigenvalue weighted by Crippen LogP contribution is 2.13. The van der Waals surface area contributed by atoms with E-state index >= 15 is 0 Å². The van der Waals surface area contributed by atoms with Crippen LogP contribution in [-0.4, -0.2) is 22.8 Å². The largest absolute Gasteiger partial charge is 0.398 e. The van der Waals surface area contributed by atoms with Crippen molar-refractivity contribution in [2.75, 3.05) is 12.8 Å². The van der Waals surface area contributed by atoms with Crippen molar-refractivity contribution >= 4 is 11.6 Å². The number of nitrogen functional groups attached to an aromatic ring is 1. The Labute approximate surface area is 110 Å². The summed E-state index contributed by atoms with van der Waals surface area (Å²) in [4.78, 5) is 27.9. The molecule has 0 bridgehead atoms. The Morgan fingerprint density at radius 3 is 2.74 bits per heavy atom. The molecule has 0 saturated carbocycles. The number of nitrogens with two attached hydrogens (primary N) is 1. The molecule has 98 valence electrons. The summed E-state index contributed by atoms with van der Waals surface area (Å²) in [7, 11) is 1.64. The number of hydrogen-bond acceptors (Lipinski definition) is 3. The third-order valence-electron chi connectivity index (χ3n) is 2.86. The van der Waals surface area contributed by atoms with E-state index in [9.17, 15) is 9.59 Å². The van der Waals surface area contributed by atoms with Gasteiger partial charge in [-0.15, -0.1) is 0 Å². The van der Waals surface area contributed by atoms with E-state index < -0.39 is 0 Å². The van der Waals surface area contributed by atoms with Crippen molar-refractivity contribution in [3.63, 3.8) is 0 Å². The number of para-hydroxylation sites is 1. The zero-order valence-corrected chi connectivity index (χ0v) is 10.6. The minimum atomic E-state index is -0.329. The molecule has 1 aromatic heterocycles. The molecule has 0 fully saturated rings. The number of H-pyrrole nitrogens is 1. The summed E-state index contributed by atoms with van der Waals surface area (Å²) in [5.74, 6) is -0.329. The zero-order chi connectivity index (χ0) is 13.8. The average molecular weight is 257 g/mol. The van der Waals surface area contributed by atoms with Crippen LogP contribution in [0.2, 0.25) is 0 Å². The molecular weight excluding hydrogens is 242 g/mol. The molecule has 2 rings (SSSR count). The molecule has 5 heteroatoms. The topological polar surface area (TPSA) is 79.2 Å². The lowest BCUT2D eigenvalue weighted by Crippen LogP contribution is -2.30. The van der Waals surface area contributed by atoms with Crippen molar-refractivity contribution in [1.29, 1.82) is 0 Å². The van der Waals surface area contributed by atoms with Crippen molar-refractivity contribution in [2.24, 2.45) is 0 Å². The minimum absolute atomic E-state index is 0.125. The summed E-state index contributed by atoms with van der Waals surface area (Å²) < 4.78 is 0. The quantitative estimate of drug-likeness (QED) is 0.812. The van der Waals surface area contributed by atoms with Gasteiger partial charge in [0.05, 0.1) is 0 Å². The van der Waals surface area contributed by atoms with E-state index in [2.05, 4.69) is 4.98 Å². The number of hydrogen-bond donors (Lipinski definition) is 2. The molecule has 19 heavy (non-hydrogen) atoms. The first-order valence-corrected chi connectivity index (χ1v) is 5.85. The highest BCUT2D eigenvalue weighted by atomic mass is 16.2. The van der Waals surface area contributed by atoms with Crippen LogP contribution in [0.5, 0.6) is 0 Å². The van der Waals surface area contributed by atoms with Crippen LogP contribution >= 0.6 is 0 Å². The van der Waals surface area contributed by atoms with Gasteiger partial charge in [-0.1, -0.05) is 18.2 Å². The van der Waals surface area contributed by atoms with Gasteiger partial charge in [-0.05, 0) is 11.6 Å². The highest BCUT2D eigenvalue weighted by molar-refractivity contribution is 5.93. The number of carbonyl (C=O) groups is 1. The molecule has 1 amide bonds. The summed E-state index contributed by atoms with van der Waals surface area (Å²) in [5, 5.41) is 0. The van der Waals surface area contributed by atoms with Crippen LogP contribution in [0.4, 0.5) is 5.69 Å². The number of pyridine rings is 1. The first-order chi connectivity index (χ1) is 9.09. The van der Waals surface area contributed by atoms with E-state index in [0.29, 0.717) is 12.2 Å². The van der Waals surface area contributed by atoms with Gasteiger partial charge in [0.15, 0.2) is 5.43 Å². The van der Waals surface area contributed by atoms with E-state index in [1.807, 2.05) is 18.2 Å². The van der Waals surface area contributed by atoms with Crippen molar-refractivity contribution in [2.45, 2.75) is 6.54 Å². The smallest absolute Gasteiger partial charge is 0.259 e. The fraction of sp³-hybridized carbons (Fsp3) is 0.143. The van der Waals surface area contributed by atoms with Crippen LogP contribution in [-0.2, 0) is 6.54 Å². The van der Waals surface area contributed by atoms with Gasteiger partial charge in [0.25, 0.3) is 5.91 Å². The first-order valence-electron chi connectivity index (χ1n) is 5.85. The summed E-state index contributed by atoms with van der Waals surface area (Å²) in [6.07, 6.45) is 2.91. The van der Waals surface area contributed by atoms with Crippen molar-refractivity contribution in [3.05, 3.63) is 64.1 Å². The Morgan fingerprint density at radius 1 is 1.32 bits per heavy atom. The molecule has 5 nitrogen and oxygen atoms in total. The standard InChI is InChI=1S/C14H15N3O2/c1-17(9-10-4-2-3-5-12(10)15)14(19)11-8-16-7-6-13(11)18/h2-8H,9,15H2,1H3,(H,16,18). The maximum Gasteiger partial charge on any atom is 0.259 e. The Balaban J connectivity index is 2.19. The summed E-state index contributed by atoms with van der Waals surface area (Å²) in [6, 6.07) is 8.66. The maximum atomic E-state index is 12.1. The van der Waals surface area contributed by atoms with E-state index in [1.165, 1.54) is 23.4 Å². The molecule has 0 spiro atoms. The van der Waals surface area contributed by atoms with Gasteiger partial charge in [-0.25, -0.2) is 0 Å². The van der Waals surface area contributed by atoms with E-state index in [-0.39, 0.29) is 16.9 Å². The third kappa shape index (κ3) is 2.82. The summed E-state index contributed by atoms with van der Waals surface area (Å²) in [6.45, 7) is 0.361. The normalized spacial score (nSPS) is 10.2. The molecule has 1 heterocycles. The van der Waals surface area contributed by atoms with Crippen LogP contribution in [0.25, 0.3) is 0 Å². The number of anilines is 1. The fourth-order valence-electron chi connectivity index (χ4n) is 1.79. The molecule has 0 radical (unpaired) electrons. The molecule has 0 unspecified atom stereocenters. The van der Waals surface area contributed by atoms with Crippen LogP contribution in [0.3, 0.4) is 0 Å². The molecule has 0 atom stereocenters. The highest BCUT2D eigenvalue weighted by Gasteiger charge is 2.15. The lowest BCUT2D eigenvalue weighted by atomic mass is 10.1. The van der Waals surface area contributed by atoms with E-state index in [0.717, 1.165) is 5.56 Å². The second kappa shape index (κ2) is 5.39. The number of aromatic amines is 1. The number of nitrogens with one attached hydrogen (secondary N) is 1.